The van der Waals surface area contributed by atoms with Crippen LogP contribution in [0.3, 0.4) is 0 Å². The lowest BCUT2D eigenvalue weighted by molar-refractivity contribution is -0.134. The normalized spacial score (nSPS) is 17.3. The molecule has 4 amide bonds. The Balaban J connectivity index is 1.54. The summed E-state index contributed by atoms with van der Waals surface area (Å²) in [5.74, 6) is 0.692. The topological polar surface area (TPSA) is 120 Å². The van der Waals surface area contributed by atoms with Crippen LogP contribution in [0.5, 0.6) is 11.5 Å². The first-order chi connectivity index (χ1) is 20.7. The van der Waals surface area contributed by atoms with Gasteiger partial charge in [-0.15, -0.1) is 0 Å². The highest BCUT2D eigenvalue weighted by Gasteiger charge is 2.32. The highest BCUT2D eigenvalue weighted by atomic mass is 16.5. The van der Waals surface area contributed by atoms with Gasteiger partial charge in [0.2, 0.25) is 11.8 Å². The summed E-state index contributed by atoms with van der Waals surface area (Å²) in [5.41, 5.74) is 2.69. The molecule has 4 rings (SSSR count). The van der Waals surface area contributed by atoms with Crippen molar-refractivity contribution >= 4 is 29.2 Å². The van der Waals surface area contributed by atoms with Crippen molar-refractivity contribution in [3.05, 3.63) is 83.9 Å². The van der Waals surface area contributed by atoms with Crippen LogP contribution in [-0.4, -0.2) is 78.8 Å². The minimum absolute atomic E-state index is 0.0370. The molecule has 0 radical (unpaired) electrons. The van der Waals surface area contributed by atoms with Crippen LogP contribution in [0.4, 0.5) is 16.2 Å². The Labute approximate surface area is 252 Å². The molecule has 0 saturated heterocycles. The second-order valence-electron chi connectivity index (χ2n) is 11.0. The predicted molar refractivity (Wildman–Crippen MR) is 165 cm³/mol. The molecular formula is C33H40N4O6. The zero-order chi connectivity index (χ0) is 30.9. The molecule has 0 aliphatic carbocycles. The summed E-state index contributed by atoms with van der Waals surface area (Å²) in [6.07, 6.45) is -0.210. The number of hydrogen-bond acceptors (Lipinski definition) is 6. The summed E-state index contributed by atoms with van der Waals surface area (Å²) in [6.45, 7) is 4.17. The minimum Gasteiger partial charge on any atom is -0.497 e. The fourth-order valence-electron chi connectivity index (χ4n) is 4.96. The van der Waals surface area contributed by atoms with Gasteiger partial charge in [0.25, 0.3) is 0 Å². The highest BCUT2D eigenvalue weighted by Crippen LogP contribution is 2.29. The number of nitrogens with one attached hydrogen (secondary N) is 2. The third-order valence-electron chi connectivity index (χ3n) is 7.55. The van der Waals surface area contributed by atoms with E-state index in [2.05, 4.69) is 10.6 Å². The monoisotopic (exact) mass is 588 g/mol. The predicted octanol–water partition coefficient (Wildman–Crippen LogP) is 4.19. The third-order valence-corrected chi connectivity index (χ3v) is 7.55. The average Bonchev–Trinajstić information content (AvgIpc) is 3.04. The maximum Gasteiger partial charge on any atom is 0.321 e. The van der Waals surface area contributed by atoms with E-state index >= 15 is 0 Å². The fourth-order valence-corrected chi connectivity index (χ4v) is 4.96. The largest absolute Gasteiger partial charge is 0.497 e. The number of likely N-dealkylation sites (N-methyl/N-ethyl adjacent to an activating group) is 1. The van der Waals surface area contributed by atoms with Crippen molar-refractivity contribution in [1.29, 1.82) is 0 Å². The molecule has 0 aromatic heterocycles. The Kier molecular flexibility index (Phi) is 10.6. The molecule has 0 fully saturated rings. The summed E-state index contributed by atoms with van der Waals surface area (Å²) < 4.78 is 11.7. The van der Waals surface area contributed by atoms with Gasteiger partial charge in [0, 0.05) is 36.4 Å². The number of carbonyl (C=O) groups is 3. The van der Waals surface area contributed by atoms with E-state index in [1.165, 1.54) is 0 Å². The molecule has 0 unspecified atom stereocenters. The molecular weight excluding hydrogens is 548 g/mol. The number of methoxy groups -OCH3 is 1. The fraction of sp³-hybridized carbons (Fsp3) is 0.364. The number of nitrogens with zero attached hydrogens (tertiary/aromatic N) is 2. The maximum atomic E-state index is 13.5. The van der Waals surface area contributed by atoms with Gasteiger partial charge in [0.15, 0.2) is 0 Å². The smallest absolute Gasteiger partial charge is 0.321 e. The Morgan fingerprint density at radius 2 is 1.77 bits per heavy atom. The number of benzene rings is 3. The molecule has 0 spiro atoms. The number of rotatable bonds is 9. The van der Waals surface area contributed by atoms with Crippen molar-refractivity contribution in [2.75, 3.05) is 44.5 Å². The summed E-state index contributed by atoms with van der Waals surface area (Å²) in [7, 11) is 3.27. The van der Waals surface area contributed by atoms with Crippen molar-refractivity contribution in [2.24, 2.45) is 5.92 Å². The van der Waals surface area contributed by atoms with Crippen LogP contribution < -0.4 is 20.1 Å². The van der Waals surface area contributed by atoms with Crippen molar-refractivity contribution in [3.63, 3.8) is 0 Å². The van der Waals surface area contributed by atoms with Crippen LogP contribution in [0.15, 0.2) is 72.8 Å². The number of fused-ring (bicyclic) bond motifs is 1. The Hall–Kier alpha value is -4.57. The van der Waals surface area contributed by atoms with Crippen molar-refractivity contribution in [2.45, 2.75) is 38.8 Å². The number of amides is 4. The van der Waals surface area contributed by atoms with Crippen molar-refractivity contribution < 1.29 is 29.0 Å². The molecule has 0 bridgehead atoms. The van der Waals surface area contributed by atoms with Gasteiger partial charge in [-0.05, 0) is 55.0 Å². The summed E-state index contributed by atoms with van der Waals surface area (Å²) in [5, 5.41) is 15.7. The molecule has 3 aromatic carbocycles. The number of anilines is 2. The molecule has 228 valence electrons. The summed E-state index contributed by atoms with van der Waals surface area (Å²) in [6, 6.07) is 21.1. The molecule has 43 heavy (non-hydrogen) atoms. The minimum atomic E-state index is -0.469. The van der Waals surface area contributed by atoms with Gasteiger partial charge in [0.1, 0.15) is 17.6 Å². The molecule has 1 heterocycles. The number of carbonyl (C=O) groups excluding carboxylic acids is 3. The van der Waals surface area contributed by atoms with E-state index < -0.39 is 12.1 Å². The lowest BCUT2D eigenvalue weighted by atomic mass is 10.0. The van der Waals surface area contributed by atoms with Gasteiger partial charge in [-0.1, -0.05) is 37.3 Å². The van der Waals surface area contributed by atoms with Crippen LogP contribution in [0, 0.1) is 5.92 Å². The van der Waals surface area contributed by atoms with Gasteiger partial charge in [-0.25, -0.2) is 4.79 Å². The zero-order valence-corrected chi connectivity index (χ0v) is 25.1. The molecule has 1 aliphatic rings. The van der Waals surface area contributed by atoms with E-state index in [0.717, 1.165) is 5.56 Å². The van der Waals surface area contributed by atoms with Gasteiger partial charge >= 0.3 is 6.03 Å². The SMILES string of the molecule is COc1ccc(NC(=O)N(C)C[C@H]2Oc3ccc(NC(=O)Cc4ccccc4)cc3CC(=O)N([C@@H](C)CO)C[C@@H]2C)cc1. The first-order valence-corrected chi connectivity index (χ1v) is 14.4. The summed E-state index contributed by atoms with van der Waals surface area (Å²) in [4.78, 5) is 42.5. The number of urea groups is 1. The zero-order valence-electron chi connectivity index (χ0n) is 25.1. The Bertz CT molecular complexity index is 1400. The van der Waals surface area contributed by atoms with E-state index in [1.807, 2.05) is 37.3 Å². The third kappa shape index (κ3) is 8.48. The number of aliphatic hydroxyl groups excluding tert-OH is 1. The molecule has 10 nitrogen and oxygen atoms in total. The molecule has 1 aliphatic heterocycles. The molecule has 3 N–H and O–H groups in total. The van der Waals surface area contributed by atoms with Gasteiger partial charge in [-0.2, -0.15) is 0 Å². The molecule has 3 aromatic rings. The molecule has 10 heteroatoms. The standard InChI is InChI=1S/C33H40N4O6/c1-22-19-37(23(2)21-38)32(40)18-25-17-27(34-31(39)16-24-8-6-5-7-9-24)12-15-29(25)43-30(22)20-36(3)33(41)35-26-10-13-28(42-4)14-11-26/h5-15,17,22-23,30,38H,16,18-21H2,1-4H3,(H,34,39)(H,35,41)/t22-,23-,30+/m0/s1. The van der Waals surface area contributed by atoms with E-state index in [9.17, 15) is 19.5 Å². The van der Waals surface area contributed by atoms with Gasteiger partial charge in [0.05, 0.1) is 39.1 Å². The van der Waals surface area contributed by atoms with Crippen LogP contribution in [-0.2, 0) is 22.4 Å². The Morgan fingerprint density at radius 3 is 2.44 bits per heavy atom. The van der Waals surface area contributed by atoms with Crippen molar-refractivity contribution in [3.8, 4) is 11.5 Å². The highest BCUT2D eigenvalue weighted by molar-refractivity contribution is 5.93. The van der Waals surface area contributed by atoms with Gasteiger partial charge < -0.3 is 35.0 Å². The second-order valence-corrected chi connectivity index (χ2v) is 11.0. The number of ether oxygens (including phenoxy) is 2. The molecule has 0 saturated carbocycles. The van der Waals surface area contributed by atoms with E-state index in [-0.39, 0.29) is 49.8 Å². The van der Waals surface area contributed by atoms with Crippen molar-refractivity contribution in [1.82, 2.24) is 9.80 Å². The summed E-state index contributed by atoms with van der Waals surface area (Å²) >= 11 is 0. The first-order valence-electron chi connectivity index (χ1n) is 14.4. The van der Waals surface area contributed by atoms with E-state index in [4.69, 9.17) is 9.47 Å². The first kappa shape index (κ1) is 31.4. The second kappa shape index (κ2) is 14.6. The average molecular weight is 589 g/mol. The quantitative estimate of drug-likeness (QED) is 0.345. The maximum absolute atomic E-state index is 13.5. The lowest BCUT2D eigenvalue weighted by Gasteiger charge is -2.34. The number of hydrogen-bond donors (Lipinski definition) is 3. The molecule has 3 atom stereocenters. The van der Waals surface area contributed by atoms with Crippen LogP contribution >= 0.6 is 0 Å². The van der Waals surface area contributed by atoms with Crippen LogP contribution in [0.25, 0.3) is 0 Å². The van der Waals surface area contributed by atoms with Gasteiger partial charge in [-0.3, -0.25) is 9.59 Å². The van der Waals surface area contributed by atoms with E-state index in [1.54, 1.807) is 73.3 Å². The van der Waals surface area contributed by atoms with E-state index in [0.29, 0.717) is 35.0 Å². The lowest BCUT2D eigenvalue weighted by Crippen LogP contribution is -2.48. The van der Waals surface area contributed by atoms with Crippen LogP contribution in [0.2, 0.25) is 0 Å². The van der Waals surface area contributed by atoms with Crippen LogP contribution in [0.1, 0.15) is 25.0 Å². The Morgan fingerprint density at radius 1 is 1.07 bits per heavy atom. The number of aliphatic hydroxyl groups is 1.